The summed E-state index contributed by atoms with van der Waals surface area (Å²) in [5.41, 5.74) is 0.993. The van der Waals surface area contributed by atoms with Crippen molar-refractivity contribution in [3.05, 3.63) is 23.8 Å². The van der Waals surface area contributed by atoms with Gasteiger partial charge in [-0.2, -0.15) is 4.21 Å². The van der Waals surface area contributed by atoms with E-state index in [1.54, 1.807) is 12.1 Å². The van der Waals surface area contributed by atoms with E-state index in [1.807, 2.05) is 6.07 Å². The molecule has 3 aliphatic rings. The summed E-state index contributed by atoms with van der Waals surface area (Å²) in [5, 5.41) is 5.21. The van der Waals surface area contributed by atoms with Gasteiger partial charge in [0.1, 0.15) is 17.3 Å². The fraction of sp³-hybridized carbons (Fsp3) is 0.632. The molecule has 0 bridgehead atoms. The predicted octanol–water partition coefficient (Wildman–Crippen LogP) is 3.25. The van der Waals surface area contributed by atoms with Crippen LogP contribution in [0.5, 0.6) is 11.5 Å². The van der Waals surface area contributed by atoms with Crippen molar-refractivity contribution < 1.29 is 17.9 Å². The van der Waals surface area contributed by atoms with Gasteiger partial charge in [0, 0.05) is 23.8 Å². The molecule has 1 heterocycles. The van der Waals surface area contributed by atoms with E-state index in [9.17, 15) is 9.00 Å². The lowest BCUT2D eigenvalue weighted by Gasteiger charge is -2.54. The fourth-order valence-electron chi connectivity index (χ4n) is 5.53. The first-order chi connectivity index (χ1) is 11.9. The van der Waals surface area contributed by atoms with Crippen molar-refractivity contribution in [2.24, 2.45) is 22.4 Å². The highest BCUT2D eigenvalue weighted by atomic mass is 32.2. The van der Waals surface area contributed by atoms with Crippen LogP contribution >= 0.6 is 0 Å². The summed E-state index contributed by atoms with van der Waals surface area (Å²) in [6, 6.07) is 5.60. The third-order valence-electron chi connectivity index (χ3n) is 6.70. The van der Waals surface area contributed by atoms with E-state index in [4.69, 9.17) is 14.1 Å². The first-order valence-electron chi connectivity index (χ1n) is 9.08. The maximum absolute atomic E-state index is 12.6. The Kier molecular flexibility index (Phi) is 4.15. The van der Waals surface area contributed by atoms with E-state index < -0.39 is 11.3 Å². The van der Waals surface area contributed by atoms with Gasteiger partial charge < -0.3 is 8.92 Å². The molecular formula is C19H25NO4S. The van der Waals surface area contributed by atoms with E-state index in [-0.39, 0.29) is 11.5 Å². The van der Waals surface area contributed by atoms with E-state index in [1.165, 1.54) is 5.56 Å². The largest absolute Gasteiger partial charge is 0.490 e. The Morgan fingerprint density at radius 3 is 2.92 bits per heavy atom. The van der Waals surface area contributed by atoms with Crippen LogP contribution in [0, 0.1) is 17.3 Å². The lowest BCUT2D eigenvalue weighted by atomic mass is 9.51. The summed E-state index contributed by atoms with van der Waals surface area (Å²) < 4.78 is 22.4. The van der Waals surface area contributed by atoms with Crippen LogP contribution in [0.25, 0.3) is 0 Å². The molecule has 25 heavy (non-hydrogen) atoms. The van der Waals surface area contributed by atoms with Crippen LogP contribution in [0.2, 0.25) is 0 Å². The van der Waals surface area contributed by atoms with Crippen molar-refractivity contribution in [1.82, 2.24) is 0 Å². The Morgan fingerprint density at radius 1 is 1.36 bits per heavy atom. The Hall–Kier alpha value is -1.40. The van der Waals surface area contributed by atoms with Gasteiger partial charge in [0.05, 0.1) is 6.10 Å². The molecule has 4 unspecified atom stereocenters. The molecule has 1 aliphatic heterocycles. The monoisotopic (exact) mass is 363 g/mol. The number of nitrogens with two attached hydrogens (primary N) is 1. The molecular weight excluding hydrogens is 338 g/mol. The first-order valence-corrected chi connectivity index (χ1v) is 10.2. The van der Waals surface area contributed by atoms with Crippen LogP contribution in [-0.4, -0.2) is 16.1 Å². The summed E-state index contributed by atoms with van der Waals surface area (Å²) in [7, 11) is 0. The molecule has 0 amide bonds. The molecule has 2 N–H and O–H groups in total. The minimum Gasteiger partial charge on any atom is -0.490 e. The molecule has 136 valence electrons. The molecule has 6 heteroatoms. The van der Waals surface area contributed by atoms with Crippen molar-refractivity contribution in [1.29, 1.82) is 0 Å². The molecule has 0 spiro atoms. The summed E-state index contributed by atoms with van der Waals surface area (Å²) in [4.78, 5) is 12.6. The highest BCUT2D eigenvalue weighted by molar-refractivity contribution is 7.78. The number of hydrogen-bond donors (Lipinski definition) is 1. The average molecular weight is 363 g/mol. The second-order valence-corrected chi connectivity index (χ2v) is 8.62. The highest BCUT2D eigenvalue weighted by Gasteiger charge is 2.55. The minimum atomic E-state index is -1.84. The number of benzene rings is 1. The Morgan fingerprint density at radius 2 is 2.16 bits per heavy atom. The molecule has 2 aliphatic carbocycles. The predicted molar refractivity (Wildman–Crippen MR) is 95.4 cm³/mol. The first kappa shape index (κ1) is 17.0. The third kappa shape index (κ3) is 2.70. The Balaban J connectivity index is 1.69. The zero-order valence-corrected chi connectivity index (χ0v) is 15.5. The molecule has 0 radical (unpaired) electrons. The third-order valence-corrected chi connectivity index (χ3v) is 7.05. The zero-order chi connectivity index (χ0) is 17.8. The number of Topliss-reactive ketones (excluding diaryl/α,β-unsaturated/α-hetero) is 1. The van der Waals surface area contributed by atoms with Gasteiger partial charge in [-0.15, -0.1) is 0 Å². The Bertz CT molecular complexity index is 736. The molecule has 5 nitrogen and oxygen atoms in total. The molecule has 4 rings (SSSR count). The number of ketones is 1. The van der Waals surface area contributed by atoms with Crippen molar-refractivity contribution >= 4 is 17.0 Å². The molecule has 1 aromatic rings. The van der Waals surface area contributed by atoms with Crippen LogP contribution in [0.3, 0.4) is 0 Å². The van der Waals surface area contributed by atoms with Gasteiger partial charge in [0.15, 0.2) is 0 Å². The quantitative estimate of drug-likeness (QED) is 0.875. The summed E-state index contributed by atoms with van der Waals surface area (Å²) >= 11 is -1.84. The van der Waals surface area contributed by atoms with Crippen LogP contribution in [0.4, 0.5) is 0 Å². The minimum absolute atomic E-state index is 0.0478. The van der Waals surface area contributed by atoms with Crippen LogP contribution < -0.4 is 14.1 Å². The molecule has 0 saturated heterocycles. The lowest BCUT2D eigenvalue weighted by molar-refractivity contribution is -0.143. The zero-order valence-electron chi connectivity index (χ0n) is 14.7. The Labute approximate surface area is 151 Å². The molecule has 1 aromatic carbocycles. The number of hydrogen-bond acceptors (Lipinski definition) is 4. The van der Waals surface area contributed by atoms with Crippen molar-refractivity contribution in [3.63, 3.8) is 0 Å². The average Bonchev–Trinajstić information content (AvgIpc) is 2.55. The number of ether oxygens (including phenoxy) is 1. The summed E-state index contributed by atoms with van der Waals surface area (Å²) in [5.74, 6) is 2.85. The van der Waals surface area contributed by atoms with E-state index in [0.717, 1.165) is 37.9 Å². The SMILES string of the molecule is C[C@H]1Oc2cc(OS(N)=O)ccc2C2CC[C@]3(C)C(=O)CCCC3C21. The van der Waals surface area contributed by atoms with Crippen LogP contribution in [-0.2, 0) is 16.1 Å². The summed E-state index contributed by atoms with van der Waals surface area (Å²) in [6.07, 6.45) is 4.85. The van der Waals surface area contributed by atoms with Gasteiger partial charge in [-0.3, -0.25) is 4.79 Å². The van der Waals surface area contributed by atoms with Crippen LogP contribution in [0.15, 0.2) is 18.2 Å². The molecule has 2 saturated carbocycles. The highest BCUT2D eigenvalue weighted by Crippen LogP contribution is 2.59. The summed E-state index contributed by atoms with van der Waals surface area (Å²) in [6.45, 7) is 4.28. The number of rotatable bonds is 2. The molecule has 0 aromatic heterocycles. The number of carbonyl (C=O) groups is 1. The van der Waals surface area contributed by atoms with E-state index >= 15 is 0 Å². The van der Waals surface area contributed by atoms with Crippen molar-refractivity contribution in [3.8, 4) is 11.5 Å². The van der Waals surface area contributed by atoms with E-state index in [2.05, 4.69) is 13.8 Å². The topological polar surface area (TPSA) is 78.6 Å². The van der Waals surface area contributed by atoms with Crippen molar-refractivity contribution in [2.75, 3.05) is 0 Å². The normalized spacial score (nSPS) is 38.0. The second-order valence-electron chi connectivity index (χ2n) is 7.93. The van der Waals surface area contributed by atoms with Gasteiger partial charge in [-0.1, -0.05) is 13.0 Å². The fourth-order valence-corrected chi connectivity index (χ4v) is 5.82. The molecule has 2 fully saturated rings. The van der Waals surface area contributed by atoms with Crippen molar-refractivity contribution in [2.45, 2.75) is 58.0 Å². The smallest absolute Gasteiger partial charge is 0.285 e. The number of fused-ring (bicyclic) bond motifs is 5. The van der Waals surface area contributed by atoms with Gasteiger partial charge in [0.2, 0.25) is 0 Å². The standard InChI is InChI=1S/C19H25NO4S/c1-11-18-14(8-9-19(2)15(18)4-3-5-17(19)21)13-7-6-12(24-25(20)22)10-16(13)23-11/h6-7,10-11,14-15,18H,3-5,8-9,20H2,1-2H3/t11-,14?,15?,18?,19+,25?/m1/s1. The van der Waals surface area contributed by atoms with Gasteiger partial charge >= 0.3 is 0 Å². The number of carbonyl (C=O) groups excluding carboxylic acids is 1. The van der Waals surface area contributed by atoms with Crippen LogP contribution in [0.1, 0.15) is 57.4 Å². The second kappa shape index (κ2) is 6.09. The maximum Gasteiger partial charge on any atom is 0.285 e. The maximum atomic E-state index is 12.6. The van der Waals surface area contributed by atoms with Gasteiger partial charge in [0.25, 0.3) is 11.3 Å². The van der Waals surface area contributed by atoms with Gasteiger partial charge in [-0.05, 0) is 56.1 Å². The van der Waals surface area contributed by atoms with E-state index in [0.29, 0.717) is 29.3 Å². The lowest BCUT2D eigenvalue weighted by Crippen LogP contribution is -2.53. The molecule has 6 atom stereocenters. The van der Waals surface area contributed by atoms with Gasteiger partial charge in [-0.25, -0.2) is 5.14 Å².